The normalized spacial score (nSPS) is 12.1. The van der Waals surface area contributed by atoms with Crippen LogP contribution in [0.4, 0.5) is 4.79 Å². The topological polar surface area (TPSA) is 125 Å². The maximum Gasteiger partial charge on any atom is 0.408 e. The predicted octanol–water partition coefficient (Wildman–Crippen LogP) is 2.59. The number of hydrogen-bond acceptors (Lipinski definition) is 5. The van der Waals surface area contributed by atoms with Crippen LogP contribution in [0.2, 0.25) is 0 Å². The number of nitrogens with one attached hydrogen (secondary N) is 2. The van der Waals surface area contributed by atoms with E-state index >= 15 is 0 Å². The highest BCUT2D eigenvalue weighted by atomic mass is 16.6. The third-order valence-corrected chi connectivity index (χ3v) is 3.75. The van der Waals surface area contributed by atoms with E-state index in [2.05, 4.69) is 10.6 Å². The number of rotatable bonds is 10. The number of benzene rings is 1. The molecule has 0 aliphatic rings. The number of alkyl carbamates (subject to hydrolysis) is 1. The quantitative estimate of drug-likeness (QED) is 0.452. The fourth-order valence-electron chi connectivity index (χ4n) is 2.44. The van der Waals surface area contributed by atoms with Crippen molar-refractivity contribution in [3.05, 3.63) is 29.8 Å². The largest absolute Gasteiger partial charge is 0.508 e. The molecule has 0 saturated heterocycles. The second-order valence-corrected chi connectivity index (χ2v) is 7.56. The van der Waals surface area contributed by atoms with Crippen LogP contribution in [-0.2, 0) is 20.7 Å². The number of ether oxygens (including phenoxy) is 1. The Morgan fingerprint density at radius 2 is 1.71 bits per heavy atom. The zero-order chi connectivity index (χ0) is 21.2. The van der Waals surface area contributed by atoms with Crippen molar-refractivity contribution in [1.82, 2.24) is 10.6 Å². The number of aromatic hydroxyl groups is 1. The number of carbonyl (C=O) groups is 3. The van der Waals surface area contributed by atoms with Crippen LogP contribution in [0, 0.1) is 0 Å². The predicted molar refractivity (Wildman–Crippen MR) is 104 cm³/mol. The van der Waals surface area contributed by atoms with E-state index in [-0.39, 0.29) is 24.5 Å². The van der Waals surface area contributed by atoms with Gasteiger partial charge in [0.2, 0.25) is 5.91 Å². The Hall–Kier alpha value is -2.77. The third-order valence-electron chi connectivity index (χ3n) is 3.75. The number of carboxylic acid groups (broad SMARTS) is 1. The molecule has 1 rings (SSSR count). The van der Waals surface area contributed by atoms with E-state index in [0.717, 1.165) is 5.56 Å². The number of aliphatic carboxylic acids is 1. The van der Waals surface area contributed by atoms with Gasteiger partial charge >= 0.3 is 12.1 Å². The summed E-state index contributed by atoms with van der Waals surface area (Å²) in [6, 6.07) is 5.55. The first-order valence-corrected chi connectivity index (χ1v) is 9.34. The third kappa shape index (κ3) is 10.4. The molecule has 2 amide bonds. The summed E-state index contributed by atoms with van der Waals surface area (Å²) >= 11 is 0. The Labute approximate surface area is 165 Å². The monoisotopic (exact) mass is 394 g/mol. The van der Waals surface area contributed by atoms with Gasteiger partial charge in [0.05, 0.1) is 0 Å². The van der Waals surface area contributed by atoms with Gasteiger partial charge in [-0.05, 0) is 51.3 Å². The molecule has 4 N–H and O–H groups in total. The number of carboxylic acids is 1. The van der Waals surface area contributed by atoms with Gasteiger partial charge in [-0.1, -0.05) is 18.6 Å². The van der Waals surface area contributed by atoms with Crippen LogP contribution in [0.15, 0.2) is 24.3 Å². The average Bonchev–Trinajstić information content (AvgIpc) is 2.57. The number of phenols is 1. The van der Waals surface area contributed by atoms with Gasteiger partial charge in [-0.3, -0.25) is 9.59 Å². The lowest BCUT2D eigenvalue weighted by Crippen LogP contribution is -2.49. The van der Waals surface area contributed by atoms with Crippen LogP contribution in [0.1, 0.15) is 52.0 Å². The van der Waals surface area contributed by atoms with E-state index in [4.69, 9.17) is 9.84 Å². The number of amides is 2. The zero-order valence-electron chi connectivity index (χ0n) is 16.7. The van der Waals surface area contributed by atoms with Gasteiger partial charge in [0, 0.05) is 19.4 Å². The summed E-state index contributed by atoms with van der Waals surface area (Å²) in [5, 5.41) is 23.4. The SMILES string of the molecule is CC(C)(C)OC(=O)N[C@@H](Cc1ccc(O)cc1)C(=O)NCCCCCC(=O)O. The highest BCUT2D eigenvalue weighted by molar-refractivity contribution is 5.86. The van der Waals surface area contributed by atoms with E-state index in [0.29, 0.717) is 25.8 Å². The molecule has 0 bridgehead atoms. The second kappa shape index (κ2) is 11.2. The molecule has 0 aliphatic carbocycles. The molecule has 8 nitrogen and oxygen atoms in total. The molecule has 1 aromatic rings. The zero-order valence-corrected chi connectivity index (χ0v) is 16.7. The smallest absolute Gasteiger partial charge is 0.408 e. The highest BCUT2D eigenvalue weighted by Gasteiger charge is 2.24. The molecule has 0 saturated carbocycles. The van der Waals surface area contributed by atoms with Crippen molar-refractivity contribution in [3.8, 4) is 5.75 Å². The first-order valence-electron chi connectivity index (χ1n) is 9.34. The Balaban J connectivity index is 2.62. The number of hydrogen-bond donors (Lipinski definition) is 4. The lowest BCUT2D eigenvalue weighted by atomic mass is 10.0. The molecule has 0 heterocycles. The van der Waals surface area contributed by atoms with Crippen molar-refractivity contribution in [3.63, 3.8) is 0 Å². The van der Waals surface area contributed by atoms with E-state index in [1.54, 1.807) is 32.9 Å². The lowest BCUT2D eigenvalue weighted by Gasteiger charge is -2.23. The summed E-state index contributed by atoms with van der Waals surface area (Å²) < 4.78 is 5.23. The van der Waals surface area contributed by atoms with Gasteiger partial charge in [-0.25, -0.2) is 4.79 Å². The minimum Gasteiger partial charge on any atom is -0.508 e. The fraction of sp³-hybridized carbons (Fsp3) is 0.550. The van der Waals surface area contributed by atoms with Crippen molar-refractivity contribution >= 4 is 18.0 Å². The summed E-state index contributed by atoms with van der Waals surface area (Å²) in [7, 11) is 0. The highest BCUT2D eigenvalue weighted by Crippen LogP contribution is 2.12. The van der Waals surface area contributed by atoms with Crippen molar-refractivity contribution in [1.29, 1.82) is 0 Å². The number of unbranched alkanes of at least 4 members (excludes halogenated alkanes) is 2. The van der Waals surface area contributed by atoms with Crippen LogP contribution < -0.4 is 10.6 Å². The minimum atomic E-state index is -0.835. The van der Waals surface area contributed by atoms with Gasteiger partial charge < -0.3 is 25.6 Å². The van der Waals surface area contributed by atoms with Gasteiger partial charge in [0.1, 0.15) is 17.4 Å². The molecule has 0 aromatic heterocycles. The molecule has 1 atom stereocenters. The van der Waals surface area contributed by atoms with Gasteiger partial charge in [0.25, 0.3) is 0 Å². The minimum absolute atomic E-state index is 0.109. The summed E-state index contributed by atoms with van der Waals surface area (Å²) in [5.41, 5.74) is 0.0869. The Kier molecular flexibility index (Phi) is 9.27. The van der Waals surface area contributed by atoms with Crippen molar-refractivity contribution in [2.45, 2.75) is 64.5 Å². The lowest BCUT2D eigenvalue weighted by molar-refractivity contribution is -0.137. The molecule has 8 heteroatoms. The summed E-state index contributed by atoms with van der Waals surface area (Å²) in [4.78, 5) is 35.1. The molecule has 0 fully saturated rings. The van der Waals surface area contributed by atoms with Gasteiger partial charge in [-0.15, -0.1) is 0 Å². The maximum absolute atomic E-state index is 12.5. The molecular formula is C20H30N2O6. The number of phenolic OH excluding ortho intramolecular Hbond substituents is 1. The van der Waals surface area contributed by atoms with Crippen molar-refractivity contribution in [2.24, 2.45) is 0 Å². The number of carbonyl (C=O) groups excluding carboxylic acids is 2. The van der Waals surface area contributed by atoms with E-state index in [9.17, 15) is 19.5 Å². The molecule has 0 radical (unpaired) electrons. The van der Waals surface area contributed by atoms with E-state index in [1.807, 2.05) is 0 Å². The Morgan fingerprint density at radius 3 is 2.29 bits per heavy atom. The standard InChI is InChI=1S/C20H30N2O6/c1-20(2,3)28-19(27)22-16(13-14-8-10-15(23)11-9-14)18(26)21-12-6-4-5-7-17(24)25/h8-11,16,23H,4-7,12-13H2,1-3H3,(H,21,26)(H,22,27)(H,24,25)/t16-/m0/s1. The van der Waals surface area contributed by atoms with Crippen LogP contribution >= 0.6 is 0 Å². The summed E-state index contributed by atoms with van der Waals surface area (Å²) in [5.74, 6) is -1.07. The Morgan fingerprint density at radius 1 is 1.07 bits per heavy atom. The van der Waals surface area contributed by atoms with E-state index < -0.39 is 23.7 Å². The van der Waals surface area contributed by atoms with Crippen LogP contribution in [0.5, 0.6) is 5.75 Å². The van der Waals surface area contributed by atoms with Crippen molar-refractivity contribution in [2.75, 3.05) is 6.54 Å². The molecule has 0 aliphatic heterocycles. The molecular weight excluding hydrogens is 364 g/mol. The van der Waals surface area contributed by atoms with Crippen LogP contribution in [-0.4, -0.2) is 46.4 Å². The van der Waals surface area contributed by atoms with Crippen LogP contribution in [0.25, 0.3) is 0 Å². The summed E-state index contributed by atoms with van der Waals surface area (Å²) in [6.45, 7) is 5.59. The van der Waals surface area contributed by atoms with Gasteiger partial charge in [-0.2, -0.15) is 0 Å². The molecule has 28 heavy (non-hydrogen) atoms. The molecule has 0 spiro atoms. The van der Waals surface area contributed by atoms with Crippen LogP contribution in [0.3, 0.4) is 0 Å². The molecule has 0 unspecified atom stereocenters. The molecule has 156 valence electrons. The molecule has 1 aromatic carbocycles. The van der Waals surface area contributed by atoms with E-state index in [1.165, 1.54) is 12.1 Å². The summed E-state index contributed by atoms with van der Waals surface area (Å²) in [6.07, 6.45) is 1.56. The first-order chi connectivity index (χ1) is 13.1. The van der Waals surface area contributed by atoms with Gasteiger partial charge in [0.15, 0.2) is 0 Å². The van der Waals surface area contributed by atoms with Crippen molar-refractivity contribution < 1.29 is 29.3 Å². The Bertz CT molecular complexity index is 652. The fourth-order valence-corrected chi connectivity index (χ4v) is 2.44. The first kappa shape index (κ1) is 23.3. The second-order valence-electron chi connectivity index (χ2n) is 7.56. The maximum atomic E-state index is 12.5. The average molecular weight is 394 g/mol.